The predicted octanol–water partition coefficient (Wildman–Crippen LogP) is 4.54. The summed E-state index contributed by atoms with van der Waals surface area (Å²) in [6, 6.07) is 7.83. The fraction of sp³-hybridized carbons (Fsp3) is 0.667. The van der Waals surface area contributed by atoms with Crippen molar-refractivity contribution in [3.05, 3.63) is 34.9 Å². The topological polar surface area (TPSA) is 12.0 Å². The third-order valence-corrected chi connectivity index (χ3v) is 4.72. The van der Waals surface area contributed by atoms with E-state index in [0.29, 0.717) is 0 Å². The third kappa shape index (κ3) is 3.39. The molecule has 1 aromatic rings. The first-order chi connectivity index (χ1) is 8.91. The van der Waals surface area contributed by atoms with Gasteiger partial charge in [-0.25, -0.2) is 0 Å². The van der Waals surface area contributed by atoms with Crippen LogP contribution in [-0.4, -0.2) is 13.1 Å². The second kappa shape index (κ2) is 5.66. The van der Waals surface area contributed by atoms with E-state index in [0.717, 1.165) is 12.0 Å². The van der Waals surface area contributed by atoms with E-state index in [1.807, 2.05) is 0 Å². The average molecular weight is 259 g/mol. The zero-order valence-electron chi connectivity index (χ0n) is 13.2. The minimum absolute atomic E-state index is 0.255. The summed E-state index contributed by atoms with van der Waals surface area (Å²) >= 11 is 0. The van der Waals surface area contributed by atoms with Crippen LogP contribution >= 0.6 is 0 Å². The van der Waals surface area contributed by atoms with E-state index < -0.39 is 0 Å². The van der Waals surface area contributed by atoms with Gasteiger partial charge in [0.1, 0.15) is 0 Å². The van der Waals surface area contributed by atoms with Crippen molar-refractivity contribution in [1.82, 2.24) is 5.32 Å². The standard InChI is InChI=1S/C18H29N/c1-13-6-9-15(18(2,3)4)12-17(13)14-7-10-16(19-5)11-8-14/h6,9,12,14,16,19H,7-8,10-11H2,1-5H3. The van der Waals surface area contributed by atoms with Gasteiger partial charge in [0.05, 0.1) is 0 Å². The highest BCUT2D eigenvalue weighted by atomic mass is 14.9. The first kappa shape index (κ1) is 14.6. The molecule has 0 unspecified atom stereocenters. The highest BCUT2D eigenvalue weighted by Gasteiger charge is 2.24. The van der Waals surface area contributed by atoms with Crippen LogP contribution in [0.1, 0.15) is 69.1 Å². The molecule has 0 spiro atoms. The molecule has 0 heterocycles. The smallest absolute Gasteiger partial charge is 0.00644 e. The maximum absolute atomic E-state index is 3.43. The molecular weight excluding hydrogens is 230 g/mol. The van der Waals surface area contributed by atoms with Crippen molar-refractivity contribution in [2.45, 2.75) is 70.8 Å². The fourth-order valence-electron chi connectivity index (χ4n) is 3.24. The van der Waals surface area contributed by atoms with Crippen LogP contribution in [0, 0.1) is 6.92 Å². The number of aryl methyl sites for hydroxylation is 1. The van der Waals surface area contributed by atoms with Gasteiger partial charge < -0.3 is 5.32 Å². The maximum Gasteiger partial charge on any atom is 0.00644 e. The van der Waals surface area contributed by atoms with E-state index in [9.17, 15) is 0 Å². The third-order valence-electron chi connectivity index (χ3n) is 4.72. The van der Waals surface area contributed by atoms with Crippen molar-refractivity contribution < 1.29 is 0 Å². The predicted molar refractivity (Wildman–Crippen MR) is 83.9 cm³/mol. The Bertz CT molecular complexity index is 420. The lowest BCUT2D eigenvalue weighted by Gasteiger charge is -2.30. The van der Waals surface area contributed by atoms with Crippen LogP contribution in [0.2, 0.25) is 0 Å². The van der Waals surface area contributed by atoms with Crippen molar-refractivity contribution in [2.75, 3.05) is 7.05 Å². The van der Waals surface area contributed by atoms with Gasteiger partial charge in [0, 0.05) is 6.04 Å². The highest BCUT2D eigenvalue weighted by molar-refractivity contribution is 5.37. The second-order valence-electron chi connectivity index (χ2n) is 7.16. The molecule has 2 rings (SSSR count). The van der Waals surface area contributed by atoms with Gasteiger partial charge >= 0.3 is 0 Å². The number of nitrogens with one attached hydrogen (secondary N) is 1. The molecule has 1 N–H and O–H groups in total. The lowest BCUT2D eigenvalue weighted by Crippen LogP contribution is -2.29. The Balaban J connectivity index is 2.20. The summed E-state index contributed by atoms with van der Waals surface area (Å²) in [6.45, 7) is 9.18. The molecule has 106 valence electrons. The Labute approximate surface area is 118 Å². The fourth-order valence-corrected chi connectivity index (χ4v) is 3.24. The molecule has 0 atom stereocenters. The van der Waals surface area contributed by atoms with Crippen LogP contribution in [0.3, 0.4) is 0 Å². The highest BCUT2D eigenvalue weighted by Crippen LogP contribution is 2.36. The van der Waals surface area contributed by atoms with Gasteiger partial charge in [0.25, 0.3) is 0 Å². The quantitative estimate of drug-likeness (QED) is 0.822. The molecule has 0 amide bonds. The molecule has 0 aromatic heterocycles. The Morgan fingerprint density at radius 1 is 1.05 bits per heavy atom. The average Bonchev–Trinajstić information content (AvgIpc) is 2.38. The van der Waals surface area contributed by atoms with Crippen molar-refractivity contribution in [3.63, 3.8) is 0 Å². The van der Waals surface area contributed by atoms with Crippen molar-refractivity contribution >= 4 is 0 Å². The van der Waals surface area contributed by atoms with E-state index >= 15 is 0 Å². The van der Waals surface area contributed by atoms with Gasteiger partial charge in [-0.15, -0.1) is 0 Å². The van der Waals surface area contributed by atoms with Gasteiger partial charge in [0.2, 0.25) is 0 Å². The molecule has 1 saturated carbocycles. The summed E-state index contributed by atoms with van der Waals surface area (Å²) in [5, 5.41) is 3.43. The molecule has 1 nitrogen and oxygen atoms in total. The van der Waals surface area contributed by atoms with Crippen LogP contribution in [-0.2, 0) is 5.41 Å². The minimum Gasteiger partial charge on any atom is -0.317 e. The molecule has 1 fully saturated rings. The Morgan fingerprint density at radius 3 is 2.21 bits per heavy atom. The molecular formula is C18H29N. The largest absolute Gasteiger partial charge is 0.317 e. The van der Waals surface area contributed by atoms with E-state index in [1.165, 1.54) is 36.8 Å². The van der Waals surface area contributed by atoms with E-state index in [1.54, 1.807) is 5.56 Å². The molecule has 1 aromatic carbocycles. The number of benzene rings is 1. The SMILES string of the molecule is CNC1CCC(c2cc(C(C)(C)C)ccc2C)CC1. The summed E-state index contributed by atoms with van der Waals surface area (Å²) in [7, 11) is 2.09. The van der Waals surface area contributed by atoms with Gasteiger partial charge in [0.15, 0.2) is 0 Å². The number of rotatable bonds is 2. The van der Waals surface area contributed by atoms with Crippen molar-refractivity contribution in [1.29, 1.82) is 0 Å². The van der Waals surface area contributed by atoms with Gasteiger partial charge in [-0.2, -0.15) is 0 Å². The van der Waals surface area contributed by atoms with Crippen LogP contribution in [0.5, 0.6) is 0 Å². The van der Waals surface area contributed by atoms with E-state index in [2.05, 4.69) is 58.3 Å². The molecule has 0 aliphatic heterocycles. The Hall–Kier alpha value is -0.820. The molecule has 0 radical (unpaired) electrons. The van der Waals surface area contributed by atoms with Crippen molar-refractivity contribution in [3.8, 4) is 0 Å². The molecule has 0 saturated heterocycles. The number of hydrogen-bond donors (Lipinski definition) is 1. The molecule has 0 bridgehead atoms. The normalized spacial score (nSPS) is 24.5. The molecule has 1 aliphatic rings. The van der Waals surface area contributed by atoms with Gasteiger partial charge in [-0.1, -0.05) is 39.0 Å². The Morgan fingerprint density at radius 2 is 1.68 bits per heavy atom. The van der Waals surface area contributed by atoms with E-state index in [-0.39, 0.29) is 5.41 Å². The summed E-state index contributed by atoms with van der Waals surface area (Å²) in [6.07, 6.45) is 5.31. The lowest BCUT2D eigenvalue weighted by molar-refractivity contribution is 0.358. The van der Waals surface area contributed by atoms with Gasteiger partial charge in [-0.05, 0) is 67.7 Å². The van der Waals surface area contributed by atoms with Crippen LogP contribution in [0.15, 0.2) is 18.2 Å². The molecule has 19 heavy (non-hydrogen) atoms. The summed E-state index contributed by atoms with van der Waals surface area (Å²) in [4.78, 5) is 0. The van der Waals surface area contributed by atoms with Crippen LogP contribution < -0.4 is 5.32 Å². The monoisotopic (exact) mass is 259 g/mol. The van der Waals surface area contributed by atoms with Crippen LogP contribution in [0.4, 0.5) is 0 Å². The second-order valence-corrected chi connectivity index (χ2v) is 7.16. The summed E-state index contributed by atoms with van der Waals surface area (Å²) in [5.74, 6) is 0.770. The first-order valence-corrected chi connectivity index (χ1v) is 7.70. The lowest BCUT2D eigenvalue weighted by atomic mass is 9.77. The Kier molecular flexibility index (Phi) is 4.35. The summed E-state index contributed by atoms with van der Waals surface area (Å²) in [5.41, 5.74) is 4.80. The van der Waals surface area contributed by atoms with E-state index in [4.69, 9.17) is 0 Å². The number of hydrogen-bond acceptors (Lipinski definition) is 1. The van der Waals surface area contributed by atoms with Crippen LogP contribution in [0.25, 0.3) is 0 Å². The summed E-state index contributed by atoms with van der Waals surface area (Å²) < 4.78 is 0. The van der Waals surface area contributed by atoms with Gasteiger partial charge in [-0.3, -0.25) is 0 Å². The first-order valence-electron chi connectivity index (χ1n) is 7.70. The maximum atomic E-state index is 3.43. The minimum atomic E-state index is 0.255. The van der Waals surface area contributed by atoms with Crippen molar-refractivity contribution in [2.24, 2.45) is 0 Å². The zero-order chi connectivity index (χ0) is 14.0. The molecule has 1 heteroatoms. The zero-order valence-corrected chi connectivity index (χ0v) is 13.2. The molecule has 1 aliphatic carbocycles.